The summed E-state index contributed by atoms with van der Waals surface area (Å²) < 4.78 is 45.2. The van der Waals surface area contributed by atoms with Gasteiger partial charge >= 0.3 is 5.97 Å². The van der Waals surface area contributed by atoms with Crippen LogP contribution >= 0.6 is 103 Å². The van der Waals surface area contributed by atoms with Crippen LogP contribution in [0.4, 0.5) is 44.5 Å². The van der Waals surface area contributed by atoms with Crippen molar-refractivity contribution in [3.05, 3.63) is 343 Å². The maximum Gasteiger partial charge on any atom is 0.354 e. The van der Waals surface area contributed by atoms with Crippen LogP contribution in [0.15, 0.2) is 297 Å². The van der Waals surface area contributed by atoms with Crippen LogP contribution in [-0.4, -0.2) is 123 Å². The van der Waals surface area contributed by atoms with E-state index in [-0.39, 0.29) is 17.3 Å². The van der Waals surface area contributed by atoms with Crippen molar-refractivity contribution in [1.29, 1.82) is 0 Å². The lowest BCUT2D eigenvalue weighted by Gasteiger charge is -2.25. The fourth-order valence-electron chi connectivity index (χ4n) is 16.4. The zero-order valence-electron chi connectivity index (χ0n) is 79.4. The van der Waals surface area contributed by atoms with Crippen LogP contribution in [0.1, 0.15) is 125 Å². The molecule has 29 heteroatoms. The van der Waals surface area contributed by atoms with Crippen molar-refractivity contribution >= 4 is 141 Å². The number of aromatic nitrogens is 9. The molecule has 142 heavy (non-hydrogen) atoms. The summed E-state index contributed by atoms with van der Waals surface area (Å²) >= 11 is 17.7. The molecular weight excluding hydrogens is 1940 g/mol. The van der Waals surface area contributed by atoms with E-state index in [0.717, 1.165) is 164 Å². The molecule has 0 radical (unpaired) electrons. The number of esters is 1. The molecule has 5 aliphatic heterocycles. The normalized spacial score (nSPS) is 13.9. The largest absolute Gasteiger partial charge is 0.464 e. The number of carbonyl (C=O) groups is 1. The second-order valence-electron chi connectivity index (χ2n) is 34.2. The number of nitrogens with zero attached hydrogens (tertiary/aromatic N) is 14. The number of piperidine rings is 5. The van der Waals surface area contributed by atoms with Crippen LogP contribution in [0, 0.1) is 24.0 Å². The van der Waals surface area contributed by atoms with Crippen LogP contribution in [0.3, 0.4) is 0 Å². The highest BCUT2D eigenvalue weighted by molar-refractivity contribution is 7.79. The first-order valence-corrected chi connectivity index (χ1v) is 55.9. The summed E-state index contributed by atoms with van der Waals surface area (Å²) in [6, 6.07) is 77.0. The number of benzene rings is 8. The third-order valence-corrected chi connectivity index (χ3v) is 31.6. The Balaban J connectivity index is 0.000000117. The number of thiophene rings is 1. The highest BCUT2D eigenvalue weighted by Gasteiger charge is 2.23. The minimum atomic E-state index is -0.441. The second-order valence-corrected chi connectivity index (χ2v) is 41.2. The second kappa shape index (κ2) is 53.5. The predicted octanol–water partition coefficient (Wildman–Crippen LogP) is 31.8. The number of aromatic amines is 1. The topological polar surface area (TPSA) is 166 Å². The van der Waals surface area contributed by atoms with Crippen molar-refractivity contribution in [2.45, 2.75) is 115 Å². The molecule has 5 aliphatic rings. The summed E-state index contributed by atoms with van der Waals surface area (Å²) in [6.45, 7) is 20.2. The smallest absolute Gasteiger partial charge is 0.354 e. The number of thiazole rings is 7. The summed E-state index contributed by atoms with van der Waals surface area (Å²) in [7, 11) is 1.37. The predicted molar refractivity (Wildman–Crippen MR) is 595 cm³/mol. The molecule has 5 saturated heterocycles. The van der Waals surface area contributed by atoms with Gasteiger partial charge in [0.05, 0.1) is 59.2 Å². The molecule has 10 aromatic heterocycles. The summed E-state index contributed by atoms with van der Waals surface area (Å²) in [5.41, 5.74) is 21.1. The Kier molecular flexibility index (Phi) is 38.5. The third kappa shape index (κ3) is 29.1. The molecule has 15 heterocycles. The molecule has 23 rings (SSSR count). The lowest BCUT2D eigenvalue weighted by molar-refractivity contribution is 0.0594. The van der Waals surface area contributed by atoms with E-state index in [1.165, 1.54) is 184 Å². The van der Waals surface area contributed by atoms with Crippen LogP contribution in [0.25, 0.3) is 116 Å². The number of ether oxygens (including phenoxy) is 1. The molecule has 0 aliphatic carbocycles. The van der Waals surface area contributed by atoms with Gasteiger partial charge in [0.15, 0.2) is 31.3 Å². The Morgan fingerprint density at radius 3 is 1.20 bits per heavy atom. The summed E-state index contributed by atoms with van der Waals surface area (Å²) in [5.74, 6) is -0.637. The fourth-order valence-corrected chi connectivity index (χ4v) is 23.4. The van der Waals surface area contributed by atoms with Crippen molar-refractivity contribution in [3.8, 4) is 111 Å². The first kappa shape index (κ1) is 102. The van der Waals surface area contributed by atoms with Gasteiger partial charge in [-0.2, -0.15) is 24.0 Å². The maximum atomic E-state index is 13.7. The SMILES string of the molecule is CCc1ccc(-c2nc(-c3ccccc3)cs2)cc1.COC(=O)c1ccc(-c2ccccc2)[nH]1.Fc1ccc(F)c(-c2csc(N3CCCCC3)n2)c1.Fc1ccccc1-c1csc(N2CCCCC2)n1.SCc1ccc(-c2csc(N3CCCCC3)n2)cc1.[C-]#[N+]c1ccc(-c2csc(N3CCCCC3)n2)cc1.c1cc(-c2csc(N3CCCCC3)n2)cs1.c1ccc(-c2csc(-c3ccccn3)n2)cc1. The number of halogens is 3. The van der Waals surface area contributed by atoms with E-state index in [2.05, 4.69) is 195 Å². The Morgan fingerprint density at radius 2 is 0.754 bits per heavy atom. The Bertz CT molecular complexity index is 6800. The molecule has 726 valence electrons. The van der Waals surface area contributed by atoms with Crippen molar-refractivity contribution in [2.75, 3.05) is 97.1 Å². The van der Waals surface area contributed by atoms with Gasteiger partial charge in [0.1, 0.15) is 33.2 Å². The van der Waals surface area contributed by atoms with Gasteiger partial charge < -0.3 is 34.2 Å². The van der Waals surface area contributed by atoms with Crippen LogP contribution in [0.2, 0.25) is 0 Å². The van der Waals surface area contributed by atoms with Crippen LogP contribution < -0.4 is 24.5 Å². The molecule has 0 atom stereocenters. The molecule has 0 amide bonds. The van der Waals surface area contributed by atoms with Crippen molar-refractivity contribution < 1.29 is 22.7 Å². The monoisotopic (exact) mass is 2060 g/mol. The number of aryl methyl sites for hydroxylation is 1. The van der Waals surface area contributed by atoms with E-state index < -0.39 is 11.6 Å². The van der Waals surface area contributed by atoms with Gasteiger partial charge in [-0.15, -0.1) is 79.4 Å². The number of thiol groups is 1. The van der Waals surface area contributed by atoms with Gasteiger partial charge in [0.25, 0.3) is 0 Å². The average Bonchev–Trinajstić information content (AvgIpc) is 1.69. The van der Waals surface area contributed by atoms with Crippen LogP contribution in [-0.2, 0) is 16.9 Å². The number of methoxy groups -OCH3 is 1. The molecule has 0 unspecified atom stereocenters. The highest BCUT2D eigenvalue weighted by atomic mass is 32.1. The average molecular weight is 2060 g/mol. The van der Waals surface area contributed by atoms with E-state index in [0.29, 0.717) is 22.6 Å². The van der Waals surface area contributed by atoms with E-state index >= 15 is 0 Å². The molecule has 18 aromatic rings. The highest BCUT2D eigenvalue weighted by Crippen LogP contribution is 2.39. The Hall–Kier alpha value is -12.6. The number of hydrogen-bond acceptors (Lipinski definition) is 24. The van der Waals surface area contributed by atoms with Gasteiger partial charge in [-0.25, -0.2) is 57.7 Å². The number of nitrogens with one attached hydrogen (secondary N) is 1. The quantitative estimate of drug-likeness (QED) is 0.0473. The van der Waals surface area contributed by atoms with Crippen molar-refractivity contribution in [3.63, 3.8) is 0 Å². The van der Waals surface area contributed by atoms with Gasteiger partial charge in [-0.05, 0) is 191 Å². The first-order valence-electron chi connectivity index (χ1n) is 48.1. The number of anilines is 5. The summed E-state index contributed by atoms with van der Waals surface area (Å²) in [6.07, 6.45) is 22.1. The molecule has 0 spiro atoms. The summed E-state index contributed by atoms with van der Waals surface area (Å²) in [5, 5.41) is 26.1. The minimum Gasteiger partial charge on any atom is -0.464 e. The molecule has 0 saturated carbocycles. The van der Waals surface area contributed by atoms with Gasteiger partial charge in [-0.3, -0.25) is 4.98 Å². The lowest BCUT2D eigenvalue weighted by atomic mass is 10.1. The summed E-state index contributed by atoms with van der Waals surface area (Å²) in [4.78, 5) is 66.2. The van der Waals surface area contributed by atoms with Crippen molar-refractivity contribution in [2.24, 2.45) is 0 Å². The molecule has 0 bridgehead atoms. The molecule has 5 fully saturated rings. The third-order valence-electron chi connectivity index (χ3n) is 24.3. The number of hydrogen-bond donors (Lipinski definition) is 2. The Morgan fingerprint density at radius 1 is 0.366 bits per heavy atom. The molecule has 1 N–H and O–H groups in total. The maximum absolute atomic E-state index is 13.7. The Labute approximate surface area is 867 Å². The first-order chi connectivity index (χ1) is 69.8. The lowest BCUT2D eigenvalue weighted by Crippen LogP contribution is -2.29. The zero-order chi connectivity index (χ0) is 97.8. The minimum absolute atomic E-state index is 0.201. The van der Waals surface area contributed by atoms with Gasteiger partial charge in [-0.1, -0.05) is 189 Å². The van der Waals surface area contributed by atoms with Crippen molar-refractivity contribution in [1.82, 2.24) is 44.9 Å². The molecule has 8 aromatic carbocycles. The standard InChI is InChI=1S/C17H15NS.C15H15N3S.C15H18N2S2.C14H14F2N2S.C14H15FN2S.C14H10N2S.C12H14N2S2.C12H11NO2/c1-2-13-8-10-15(11-9-13)17-18-16(12-19-17)14-6-4-3-5-7-14;1-16-13-7-5-12(6-8-13)14-11-19-15(17-14)18-9-3-2-4-10-18;18-10-12-4-6-13(7-5-12)14-11-19-15(16-14)17-8-2-1-3-9-17;15-10-4-5-12(16)11(8-10)13-9-19-14(17-13)18-6-2-1-3-7-18;15-12-7-3-2-6-11(12)13-10-18-14(16-13)17-8-4-1-5-9-17;1-2-6-11(7-3-1)13-10-17-14(16-13)12-8-4-5-9-15-12;1-2-5-14(6-3-1)12-13-11(9-16-12)10-4-7-15-8-10;1-15-12(14)11-8-7-10(13-11)9-5-3-2-4-6-9/h3-12H,2H2,1H3;5-8,11H,2-4,9-10H2;4-7,11,18H,1-3,8-10H2;4-5,8-9H,1-3,6-7H2;2-3,6-7,10H,1,4-5,8-9H2;1-10H;4,7-9H,1-3,5-6H2;2-8,13H,1H3. The number of H-pyrrole nitrogens is 1. The number of pyridine rings is 1. The molecular formula is C113H112F3N15O2S9. The van der Waals surface area contributed by atoms with E-state index in [9.17, 15) is 18.0 Å². The van der Waals surface area contributed by atoms with Crippen LogP contribution in [0.5, 0.6) is 0 Å². The van der Waals surface area contributed by atoms with Gasteiger partial charge in [0.2, 0.25) is 0 Å². The molecule has 17 nitrogen and oxygen atoms in total. The fraction of sp³-hybridized carbons (Fsp3) is 0.257. The van der Waals surface area contributed by atoms with Gasteiger partial charge in [0, 0.05) is 165 Å². The van der Waals surface area contributed by atoms with E-state index in [1.54, 1.807) is 109 Å². The number of carbonyl (C=O) groups excluding carboxylic acids is 1. The number of rotatable bonds is 18. The zero-order valence-corrected chi connectivity index (χ0v) is 86.8. The van der Waals surface area contributed by atoms with E-state index in [1.807, 2.05) is 127 Å². The van der Waals surface area contributed by atoms with E-state index in [4.69, 9.17) is 26.5 Å².